The fourth-order valence-electron chi connectivity index (χ4n) is 2.54. The first-order valence-corrected chi connectivity index (χ1v) is 6.17. The van der Waals surface area contributed by atoms with Crippen molar-refractivity contribution >= 4 is 11.7 Å². The molecule has 0 atom stereocenters. The summed E-state index contributed by atoms with van der Waals surface area (Å²) in [7, 11) is 0. The zero-order valence-corrected chi connectivity index (χ0v) is 10.2. The third-order valence-corrected chi connectivity index (χ3v) is 3.67. The minimum Gasteiger partial charge on any atom is -0.478 e. The lowest BCUT2D eigenvalue weighted by Gasteiger charge is -2.24. The Labute approximate surface area is 102 Å². The molecular formula is C14H19NO2. The molecule has 0 amide bonds. The van der Waals surface area contributed by atoms with Crippen molar-refractivity contribution in [2.45, 2.75) is 32.6 Å². The van der Waals surface area contributed by atoms with Crippen molar-refractivity contribution in [3.05, 3.63) is 29.8 Å². The molecule has 1 saturated carbocycles. The standard InChI is InChI=1S/C14H19NO2/c1-14(8-4-5-9-14)10-15-12-7-3-2-6-11(12)13(16)17/h2-3,6-7,15H,4-5,8-10H2,1H3,(H,16,17). The Morgan fingerprint density at radius 2 is 2.00 bits per heavy atom. The Kier molecular flexibility index (Phi) is 3.36. The summed E-state index contributed by atoms with van der Waals surface area (Å²) in [5.41, 5.74) is 1.41. The van der Waals surface area contributed by atoms with Crippen molar-refractivity contribution in [2.24, 2.45) is 5.41 Å². The normalized spacial score (nSPS) is 17.9. The minimum atomic E-state index is -0.871. The number of carboxylic acid groups (broad SMARTS) is 1. The molecule has 92 valence electrons. The highest BCUT2D eigenvalue weighted by Gasteiger charge is 2.28. The van der Waals surface area contributed by atoms with Crippen LogP contribution in [0.15, 0.2) is 24.3 Å². The van der Waals surface area contributed by atoms with Crippen LogP contribution in [-0.2, 0) is 0 Å². The second kappa shape index (κ2) is 4.78. The van der Waals surface area contributed by atoms with E-state index in [0.717, 1.165) is 12.2 Å². The summed E-state index contributed by atoms with van der Waals surface area (Å²) >= 11 is 0. The predicted molar refractivity (Wildman–Crippen MR) is 68.5 cm³/mol. The number of carboxylic acids is 1. The smallest absolute Gasteiger partial charge is 0.337 e. The van der Waals surface area contributed by atoms with Crippen LogP contribution in [0.3, 0.4) is 0 Å². The molecule has 0 heterocycles. The SMILES string of the molecule is CC1(CNc2ccccc2C(=O)O)CCCC1. The molecule has 3 nitrogen and oxygen atoms in total. The largest absolute Gasteiger partial charge is 0.478 e. The van der Waals surface area contributed by atoms with Gasteiger partial charge in [0.15, 0.2) is 0 Å². The van der Waals surface area contributed by atoms with E-state index in [-0.39, 0.29) is 0 Å². The number of aromatic carboxylic acids is 1. The van der Waals surface area contributed by atoms with E-state index < -0.39 is 5.97 Å². The third-order valence-electron chi connectivity index (χ3n) is 3.67. The van der Waals surface area contributed by atoms with E-state index in [9.17, 15) is 4.79 Å². The summed E-state index contributed by atoms with van der Waals surface area (Å²) in [6.07, 6.45) is 5.04. The third kappa shape index (κ3) is 2.78. The highest BCUT2D eigenvalue weighted by molar-refractivity contribution is 5.94. The van der Waals surface area contributed by atoms with Crippen molar-refractivity contribution in [3.8, 4) is 0 Å². The van der Waals surface area contributed by atoms with Gasteiger partial charge in [0.2, 0.25) is 0 Å². The highest BCUT2D eigenvalue weighted by Crippen LogP contribution is 2.37. The van der Waals surface area contributed by atoms with E-state index in [0.29, 0.717) is 11.0 Å². The zero-order chi connectivity index (χ0) is 12.3. The predicted octanol–water partition coefficient (Wildman–Crippen LogP) is 3.38. The van der Waals surface area contributed by atoms with Crippen LogP contribution in [0.25, 0.3) is 0 Å². The summed E-state index contributed by atoms with van der Waals surface area (Å²) in [5.74, 6) is -0.871. The van der Waals surface area contributed by atoms with Gasteiger partial charge in [-0.3, -0.25) is 0 Å². The van der Waals surface area contributed by atoms with Gasteiger partial charge < -0.3 is 10.4 Å². The van der Waals surface area contributed by atoms with Crippen molar-refractivity contribution in [3.63, 3.8) is 0 Å². The topological polar surface area (TPSA) is 49.3 Å². The number of rotatable bonds is 4. The van der Waals surface area contributed by atoms with E-state index in [1.165, 1.54) is 25.7 Å². The number of benzene rings is 1. The maximum atomic E-state index is 11.1. The monoisotopic (exact) mass is 233 g/mol. The molecule has 1 aromatic carbocycles. The average molecular weight is 233 g/mol. The lowest BCUT2D eigenvalue weighted by Crippen LogP contribution is -2.23. The van der Waals surface area contributed by atoms with Crippen molar-refractivity contribution < 1.29 is 9.90 Å². The quantitative estimate of drug-likeness (QED) is 0.838. The highest BCUT2D eigenvalue weighted by atomic mass is 16.4. The van der Waals surface area contributed by atoms with Gasteiger partial charge in [-0.2, -0.15) is 0 Å². The van der Waals surface area contributed by atoms with Gasteiger partial charge >= 0.3 is 5.97 Å². The maximum Gasteiger partial charge on any atom is 0.337 e. The van der Waals surface area contributed by atoms with Crippen LogP contribution in [-0.4, -0.2) is 17.6 Å². The fourth-order valence-corrected chi connectivity index (χ4v) is 2.54. The molecule has 17 heavy (non-hydrogen) atoms. The lowest BCUT2D eigenvalue weighted by atomic mass is 9.89. The van der Waals surface area contributed by atoms with E-state index in [1.54, 1.807) is 12.1 Å². The molecule has 1 aliphatic rings. The number of hydrogen-bond donors (Lipinski definition) is 2. The van der Waals surface area contributed by atoms with Crippen LogP contribution in [0.4, 0.5) is 5.69 Å². The number of para-hydroxylation sites is 1. The zero-order valence-electron chi connectivity index (χ0n) is 10.2. The van der Waals surface area contributed by atoms with Crippen LogP contribution in [0.1, 0.15) is 43.0 Å². The van der Waals surface area contributed by atoms with Gasteiger partial charge in [-0.1, -0.05) is 31.9 Å². The van der Waals surface area contributed by atoms with Crippen LogP contribution in [0.5, 0.6) is 0 Å². The van der Waals surface area contributed by atoms with Gasteiger partial charge in [-0.15, -0.1) is 0 Å². The van der Waals surface area contributed by atoms with Crippen molar-refractivity contribution in [2.75, 3.05) is 11.9 Å². The molecular weight excluding hydrogens is 214 g/mol. The maximum absolute atomic E-state index is 11.1. The van der Waals surface area contributed by atoms with Gasteiger partial charge in [0.25, 0.3) is 0 Å². The molecule has 3 heteroatoms. The summed E-state index contributed by atoms with van der Waals surface area (Å²) in [6.45, 7) is 3.13. The molecule has 1 fully saturated rings. The Morgan fingerprint density at radius 1 is 1.35 bits per heavy atom. The number of hydrogen-bond acceptors (Lipinski definition) is 2. The number of anilines is 1. The number of nitrogens with one attached hydrogen (secondary N) is 1. The molecule has 0 aliphatic heterocycles. The molecule has 0 radical (unpaired) electrons. The summed E-state index contributed by atoms with van der Waals surface area (Å²) in [4.78, 5) is 11.1. The minimum absolute atomic E-state index is 0.325. The summed E-state index contributed by atoms with van der Waals surface area (Å²) < 4.78 is 0. The Morgan fingerprint density at radius 3 is 2.65 bits per heavy atom. The molecule has 0 aromatic heterocycles. The molecule has 0 bridgehead atoms. The first-order chi connectivity index (χ1) is 8.11. The van der Waals surface area contributed by atoms with Crippen LogP contribution in [0.2, 0.25) is 0 Å². The molecule has 2 rings (SSSR count). The van der Waals surface area contributed by atoms with E-state index in [1.807, 2.05) is 12.1 Å². The molecule has 2 N–H and O–H groups in total. The van der Waals surface area contributed by atoms with E-state index in [4.69, 9.17) is 5.11 Å². The molecule has 0 saturated heterocycles. The van der Waals surface area contributed by atoms with Gasteiger partial charge in [0.05, 0.1) is 5.56 Å². The first-order valence-electron chi connectivity index (χ1n) is 6.17. The lowest BCUT2D eigenvalue weighted by molar-refractivity contribution is 0.0698. The Bertz CT molecular complexity index is 408. The van der Waals surface area contributed by atoms with Crippen molar-refractivity contribution in [1.29, 1.82) is 0 Å². The van der Waals surface area contributed by atoms with E-state index >= 15 is 0 Å². The Hall–Kier alpha value is -1.51. The van der Waals surface area contributed by atoms with Gasteiger partial charge in [0, 0.05) is 12.2 Å². The summed E-state index contributed by atoms with van der Waals surface area (Å²) in [5, 5.41) is 12.4. The summed E-state index contributed by atoms with van der Waals surface area (Å²) in [6, 6.07) is 7.10. The molecule has 0 unspecified atom stereocenters. The Balaban J connectivity index is 2.06. The second-order valence-electron chi connectivity index (χ2n) is 5.22. The molecule has 1 aliphatic carbocycles. The molecule has 1 aromatic rings. The number of carbonyl (C=O) groups is 1. The van der Waals surface area contributed by atoms with Gasteiger partial charge in [-0.05, 0) is 30.4 Å². The van der Waals surface area contributed by atoms with Crippen LogP contribution >= 0.6 is 0 Å². The van der Waals surface area contributed by atoms with E-state index in [2.05, 4.69) is 12.2 Å². The first kappa shape index (κ1) is 12.0. The second-order valence-corrected chi connectivity index (χ2v) is 5.22. The van der Waals surface area contributed by atoms with Gasteiger partial charge in [0.1, 0.15) is 0 Å². The fraction of sp³-hybridized carbons (Fsp3) is 0.500. The van der Waals surface area contributed by atoms with Gasteiger partial charge in [-0.25, -0.2) is 4.79 Å². The van der Waals surface area contributed by atoms with Crippen molar-refractivity contribution in [1.82, 2.24) is 0 Å². The van der Waals surface area contributed by atoms with Crippen LogP contribution in [0, 0.1) is 5.41 Å². The van der Waals surface area contributed by atoms with Crippen LogP contribution < -0.4 is 5.32 Å². The average Bonchev–Trinajstić information content (AvgIpc) is 2.74. The molecule has 0 spiro atoms.